The van der Waals surface area contributed by atoms with Crippen LogP contribution in [0.15, 0.2) is 5.51 Å². The Balaban J connectivity index is 2.61. The van der Waals surface area contributed by atoms with Crippen molar-refractivity contribution < 1.29 is 14.3 Å². The van der Waals surface area contributed by atoms with E-state index in [1.165, 1.54) is 11.3 Å². The number of alkyl carbamates (subject to hydrolysis) is 1. The first-order valence-electron chi connectivity index (χ1n) is 5.64. The maximum absolute atomic E-state index is 12.0. The molecule has 0 aliphatic carbocycles. The zero-order valence-electron chi connectivity index (χ0n) is 11.2. The van der Waals surface area contributed by atoms with Crippen molar-refractivity contribution in [2.24, 2.45) is 0 Å². The molecule has 100 valence electrons. The number of ketones is 1. The standard InChI is InChI=1S/C12H18N2O3S/c1-7(14-11(16)17-12(3,4)5)9(15)10-8(2)13-6-18-10/h6-7H,1-5H3,(H,14,16)/t7-/m1/s1. The summed E-state index contributed by atoms with van der Waals surface area (Å²) in [7, 11) is 0. The van der Waals surface area contributed by atoms with Crippen molar-refractivity contribution in [3.05, 3.63) is 16.1 Å². The summed E-state index contributed by atoms with van der Waals surface area (Å²) >= 11 is 1.27. The lowest BCUT2D eigenvalue weighted by Crippen LogP contribution is -2.41. The lowest BCUT2D eigenvalue weighted by molar-refractivity contribution is 0.0497. The number of aryl methyl sites for hydroxylation is 1. The quantitative estimate of drug-likeness (QED) is 0.857. The number of Topliss-reactive ketones (excluding diaryl/α,β-unsaturated/α-hetero) is 1. The zero-order valence-corrected chi connectivity index (χ0v) is 12.1. The third-order valence-electron chi connectivity index (χ3n) is 2.10. The van der Waals surface area contributed by atoms with Crippen LogP contribution in [-0.2, 0) is 4.74 Å². The fourth-order valence-electron chi connectivity index (χ4n) is 1.28. The summed E-state index contributed by atoms with van der Waals surface area (Å²) in [4.78, 5) is 28.1. The van der Waals surface area contributed by atoms with Crippen LogP contribution in [0.4, 0.5) is 4.79 Å². The van der Waals surface area contributed by atoms with Gasteiger partial charge in [0.15, 0.2) is 5.78 Å². The highest BCUT2D eigenvalue weighted by molar-refractivity contribution is 7.12. The summed E-state index contributed by atoms with van der Waals surface area (Å²) in [5.41, 5.74) is 1.72. The molecule has 18 heavy (non-hydrogen) atoms. The zero-order chi connectivity index (χ0) is 13.9. The van der Waals surface area contributed by atoms with Gasteiger partial charge in [-0.25, -0.2) is 9.78 Å². The van der Waals surface area contributed by atoms with Gasteiger partial charge in [-0.15, -0.1) is 11.3 Å². The SMILES string of the molecule is Cc1ncsc1C(=O)[C@@H](C)NC(=O)OC(C)(C)C. The number of hydrogen-bond donors (Lipinski definition) is 1. The van der Waals surface area contributed by atoms with E-state index in [-0.39, 0.29) is 5.78 Å². The van der Waals surface area contributed by atoms with E-state index in [0.717, 1.165) is 0 Å². The van der Waals surface area contributed by atoms with E-state index in [2.05, 4.69) is 10.3 Å². The Labute approximate surface area is 111 Å². The third kappa shape index (κ3) is 4.10. The summed E-state index contributed by atoms with van der Waals surface area (Å²) in [6.45, 7) is 8.71. The smallest absolute Gasteiger partial charge is 0.408 e. The second kappa shape index (κ2) is 5.48. The molecule has 0 saturated carbocycles. The Bertz CT molecular complexity index is 448. The highest BCUT2D eigenvalue weighted by Crippen LogP contribution is 2.15. The molecule has 1 N–H and O–H groups in total. The first kappa shape index (κ1) is 14.6. The van der Waals surface area contributed by atoms with E-state index in [0.29, 0.717) is 10.6 Å². The van der Waals surface area contributed by atoms with E-state index >= 15 is 0 Å². The minimum absolute atomic E-state index is 0.152. The lowest BCUT2D eigenvalue weighted by Gasteiger charge is -2.21. The number of thiazole rings is 1. The van der Waals surface area contributed by atoms with E-state index < -0.39 is 17.7 Å². The molecule has 0 radical (unpaired) electrons. The van der Waals surface area contributed by atoms with Crippen LogP contribution in [0.3, 0.4) is 0 Å². The summed E-state index contributed by atoms with van der Waals surface area (Å²) in [6, 6.07) is -0.626. The normalized spacial score (nSPS) is 12.9. The molecule has 0 unspecified atom stereocenters. The Morgan fingerprint density at radius 3 is 2.50 bits per heavy atom. The van der Waals surface area contributed by atoms with E-state index in [9.17, 15) is 9.59 Å². The number of aromatic nitrogens is 1. The van der Waals surface area contributed by atoms with Crippen LogP contribution in [0.25, 0.3) is 0 Å². The monoisotopic (exact) mass is 270 g/mol. The average Bonchev–Trinajstić information content (AvgIpc) is 2.60. The fourth-order valence-corrected chi connectivity index (χ4v) is 2.12. The van der Waals surface area contributed by atoms with Gasteiger partial charge in [-0.2, -0.15) is 0 Å². The van der Waals surface area contributed by atoms with E-state index in [1.54, 1.807) is 40.1 Å². The lowest BCUT2D eigenvalue weighted by atomic mass is 10.1. The van der Waals surface area contributed by atoms with Gasteiger partial charge in [-0.05, 0) is 34.6 Å². The number of amides is 1. The summed E-state index contributed by atoms with van der Waals surface area (Å²) in [6.07, 6.45) is -0.592. The Morgan fingerprint density at radius 1 is 1.44 bits per heavy atom. The minimum atomic E-state index is -0.626. The predicted molar refractivity (Wildman–Crippen MR) is 70.0 cm³/mol. The highest BCUT2D eigenvalue weighted by atomic mass is 32.1. The summed E-state index contributed by atoms with van der Waals surface area (Å²) in [5, 5.41) is 2.52. The van der Waals surface area contributed by atoms with Crippen molar-refractivity contribution in [3.8, 4) is 0 Å². The molecule has 5 nitrogen and oxygen atoms in total. The average molecular weight is 270 g/mol. The topological polar surface area (TPSA) is 68.3 Å². The van der Waals surface area contributed by atoms with Crippen molar-refractivity contribution in [3.63, 3.8) is 0 Å². The third-order valence-corrected chi connectivity index (χ3v) is 3.04. The molecule has 0 aliphatic rings. The fraction of sp³-hybridized carbons (Fsp3) is 0.583. The molecule has 1 aromatic rings. The van der Waals surface area contributed by atoms with Gasteiger partial charge in [0.05, 0.1) is 22.1 Å². The molecule has 6 heteroatoms. The minimum Gasteiger partial charge on any atom is -0.444 e. The molecule has 1 atom stereocenters. The number of carbonyl (C=O) groups excluding carboxylic acids is 2. The molecule has 0 fully saturated rings. The number of hydrogen-bond acceptors (Lipinski definition) is 5. The van der Waals surface area contributed by atoms with Crippen LogP contribution >= 0.6 is 11.3 Å². The van der Waals surface area contributed by atoms with Gasteiger partial charge in [-0.3, -0.25) is 4.79 Å². The number of rotatable bonds is 3. The van der Waals surface area contributed by atoms with Gasteiger partial charge in [0.2, 0.25) is 0 Å². The van der Waals surface area contributed by atoms with Crippen molar-refractivity contribution in [1.82, 2.24) is 10.3 Å². The second-order valence-corrected chi connectivity index (χ2v) is 5.85. The summed E-state index contributed by atoms with van der Waals surface area (Å²) in [5.74, 6) is -0.152. The Kier molecular flexibility index (Phi) is 4.45. The summed E-state index contributed by atoms with van der Waals surface area (Å²) < 4.78 is 5.09. The maximum Gasteiger partial charge on any atom is 0.408 e. The van der Waals surface area contributed by atoms with E-state index in [4.69, 9.17) is 4.74 Å². The molecule has 0 aliphatic heterocycles. The van der Waals surface area contributed by atoms with Crippen LogP contribution < -0.4 is 5.32 Å². The number of carbonyl (C=O) groups is 2. The molecule has 1 amide bonds. The van der Waals surface area contributed by atoms with Gasteiger partial charge in [0.1, 0.15) is 5.60 Å². The van der Waals surface area contributed by atoms with Gasteiger partial charge >= 0.3 is 6.09 Å². The molecular formula is C12H18N2O3S. The highest BCUT2D eigenvalue weighted by Gasteiger charge is 2.23. The molecule has 0 spiro atoms. The number of ether oxygens (including phenoxy) is 1. The molecule has 0 bridgehead atoms. The van der Waals surface area contributed by atoms with Crippen LogP contribution in [0.2, 0.25) is 0 Å². The van der Waals surface area contributed by atoms with Crippen molar-refractivity contribution in [2.75, 3.05) is 0 Å². The predicted octanol–water partition coefficient (Wildman–Crippen LogP) is 2.55. The second-order valence-electron chi connectivity index (χ2n) is 5.00. The number of nitrogens with one attached hydrogen (secondary N) is 1. The molecule has 0 aromatic carbocycles. The van der Waals surface area contributed by atoms with Gasteiger partial charge in [-0.1, -0.05) is 0 Å². The van der Waals surface area contributed by atoms with Crippen LogP contribution in [0.5, 0.6) is 0 Å². The molecular weight excluding hydrogens is 252 g/mol. The van der Waals surface area contributed by atoms with Gasteiger partial charge in [0.25, 0.3) is 0 Å². The van der Waals surface area contributed by atoms with Gasteiger partial charge < -0.3 is 10.1 Å². The van der Waals surface area contributed by atoms with Gasteiger partial charge in [0, 0.05) is 0 Å². The Hall–Kier alpha value is -1.43. The van der Waals surface area contributed by atoms with Crippen LogP contribution in [0, 0.1) is 6.92 Å². The first-order chi connectivity index (χ1) is 8.20. The van der Waals surface area contributed by atoms with Crippen LogP contribution in [0.1, 0.15) is 43.1 Å². The first-order valence-corrected chi connectivity index (χ1v) is 6.52. The van der Waals surface area contributed by atoms with Crippen LogP contribution in [-0.4, -0.2) is 28.5 Å². The van der Waals surface area contributed by atoms with E-state index in [1.807, 2.05) is 0 Å². The number of nitrogens with zero attached hydrogens (tertiary/aromatic N) is 1. The van der Waals surface area contributed by atoms with Crippen molar-refractivity contribution in [1.29, 1.82) is 0 Å². The Morgan fingerprint density at radius 2 is 2.06 bits per heavy atom. The molecule has 1 heterocycles. The molecule has 1 aromatic heterocycles. The molecule has 1 rings (SSSR count). The van der Waals surface area contributed by atoms with Crippen molar-refractivity contribution in [2.45, 2.75) is 46.3 Å². The molecule has 0 saturated heterocycles. The van der Waals surface area contributed by atoms with Crippen molar-refractivity contribution >= 4 is 23.2 Å². The largest absolute Gasteiger partial charge is 0.444 e. The maximum atomic E-state index is 12.0.